The summed E-state index contributed by atoms with van der Waals surface area (Å²) in [6.45, 7) is 0.619. The Bertz CT molecular complexity index is 1630. The van der Waals surface area contributed by atoms with Crippen LogP contribution in [0.25, 0.3) is 10.9 Å². The van der Waals surface area contributed by atoms with Gasteiger partial charge < -0.3 is 9.30 Å². The molecule has 0 N–H and O–H groups in total. The van der Waals surface area contributed by atoms with Gasteiger partial charge in [-0.1, -0.05) is 91.0 Å². The van der Waals surface area contributed by atoms with E-state index in [-0.39, 0.29) is 11.7 Å². The van der Waals surface area contributed by atoms with Gasteiger partial charge in [-0.2, -0.15) is 0 Å². The molecule has 0 spiro atoms. The van der Waals surface area contributed by atoms with Crippen molar-refractivity contribution in [3.05, 3.63) is 142 Å². The number of esters is 1. The minimum Gasteiger partial charge on any atom is -0.465 e. The van der Waals surface area contributed by atoms with Crippen molar-refractivity contribution in [2.45, 2.75) is 31.7 Å². The van der Waals surface area contributed by atoms with Gasteiger partial charge in [-0.05, 0) is 53.1 Å². The van der Waals surface area contributed by atoms with Crippen molar-refractivity contribution in [2.24, 2.45) is 0 Å². The second kappa shape index (κ2) is 10.1. The van der Waals surface area contributed by atoms with Crippen LogP contribution in [0.15, 0.2) is 103 Å². The lowest BCUT2D eigenvalue weighted by Gasteiger charge is -2.24. The second-order valence-electron chi connectivity index (χ2n) is 9.97. The number of methoxy groups -OCH3 is 1. The Morgan fingerprint density at radius 1 is 0.816 bits per heavy atom. The fraction of sp³-hybridized carbons (Fsp3) is 0.176. The Kier molecular flexibility index (Phi) is 6.38. The number of ether oxygens (including phenoxy) is 1. The zero-order valence-electron chi connectivity index (χ0n) is 21.4. The molecular formula is C34H29NO3. The summed E-state index contributed by atoms with van der Waals surface area (Å²) in [5.74, 6) is -0.240. The van der Waals surface area contributed by atoms with Gasteiger partial charge in [0.2, 0.25) is 0 Å². The molecule has 1 atom stereocenters. The monoisotopic (exact) mass is 499 g/mol. The molecule has 1 aromatic heterocycles. The molecule has 4 heteroatoms. The fourth-order valence-electron chi connectivity index (χ4n) is 5.89. The van der Waals surface area contributed by atoms with Gasteiger partial charge in [0.15, 0.2) is 5.78 Å². The number of benzene rings is 4. The van der Waals surface area contributed by atoms with Gasteiger partial charge >= 0.3 is 5.97 Å². The summed E-state index contributed by atoms with van der Waals surface area (Å²) in [7, 11) is 1.39. The topological polar surface area (TPSA) is 48.3 Å². The largest absolute Gasteiger partial charge is 0.465 e. The summed E-state index contributed by atoms with van der Waals surface area (Å²) >= 11 is 0. The Hall–Kier alpha value is -4.44. The van der Waals surface area contributed by atoms with Crippen LogP contribution in [0.4, 0.5) is 0 Å². The van der Waals surface area contributed by atoms with Crippen molar-refractivity contribution in [3.8, 4) is 0 Å². The van der Waals surface area contributed by atoms with Gasteiger partial charge in [0.1, 0.15) is 0 Å². The summed E-state index contributed by atoms with van der Waals surface area (Å²) in [5.41, 5.74) is 7.89. The highest BCUT2D eigenvalue weighted by Gasteiger charge is 2.34. The molecule has 188 valence electrons. The third kappa shape index (κ3) is 4.32. The van der Waals surface area contributed by atoms with E-state index in [0.717, 1.165) is 24.1 Å². The minimum absolute atomic E-state index is 0.0813. The zero-order chi connectivity index (χ0) is 26.1. The quantitative estimate of drug-likeness (QED) is 0.237. The molecule has 1 heterocycles. The molecule has 0 bridgehead atoms. The van der Waals surface area contributed by atoms with Crippen LogP contribution >= 0.6 is 0 Å². The first-order valence-corrected chi connectivity index (χ1v) is 13.0. The van der Waals surface area contributed by atoms with Crippen LogP contribution < -0.4 is 0 Å². The number of Topliss-reactive ketones (excluding diaryl/α,β-unsaturated/α-hetero) is 1. The summed E-state index contributed by atoms with van der Waals surface area (Å²) < 4.78 is 7.37. The maximum Gasteiger partial charge on any atom is 0.338 e. The van der Waals surface area contributed by atoms with Gasteiger partial charge in [0.05, 0.1) is 18.2 Å². The van der Waals surface area contributed by atoms with Crippen LogP contribution in [0.1, 0.15) is 61.0 Å². The zero-order valence-corrected chi connectivity index (χ0v) is 21.4. The van der Waals surface area contributed by atoms with Gasteiger partial charge in [-0.3, -0.25) is 4.79 Å². The van der Waals surface area contributed by atoms with E-state index in [9.17, 15) is 9.59 Å². The van der Waals surface area contributed by atoms with Crippen LogP contribution in [-0.2, 0) is 24.1 Å². The van der Waals surface area contributed by atoms with E-state index in [4.69, 9.17) is 4.74 Å². The highest BCUT2D eigenvalue weighted by Crippen LogP contribution is 2.40. The molecular weight excluding hydrogens is 470 g/mol. The average molecular weight is 500 g/mol. The molecule has 4 aromatic carbocycles. The third-order valence-corrected chi connectivity index (χ3v) is 7.71. The maximum atomic E-state index is 13.8. The SMILES string of the molecule is COC(=O)c1cccc2c1c1c(n2Cc2ccccc2Cc2ccccc2)CC(c2ccccc2)CC1=O. The van der Waals surface area contributed by atoms with E-state index in [1.54, 1.807) is 6.07 Å². The van der Waals surface area contributed by atoms with Crippen molar-refractivity contribution in [1.82, 2.24) is 4.57 Å². The number of nitrogens with zero attached hydrogens (tertiary/aromatic N) is 1. The predicted molar refractivity (Wildman–Crippen MR) is 150 cm³/mol. The van der Waals surface area contributed by atoms with Gasteiger partial charge in [-0.25, -0.2) is 4.79 Å². The lowest BCUT2D eigenvalue weighted by atomic mass is 9.81. The lowest BCUT2D eigenvalue weighted by molar-refractivity contribution is 0.0603. The van der Waals surface area contributed by atoms with Crippen LogP contribution in [0.3, 0.4) is 0 Å². The number of hydrogen-bond acceptors (Lipinski definition) is 3. The Morgan fingerprint density at radius 2 is 1.50 bits per heavy atom. The van der Waals surface area contributed by atoms with Crippen LogP contribution in [0, 0.1) is 0 Å². The molecule has 5 aromatic rings. The predicted octanol–water partition coefficient (Wildman–Crippen LogP) is 6.98. The molecule has 0 fully saturated rings. The standard InChI is InChI=1S/C34H29NO3/c1-38-34(37)28-17-10-18-29-32(28)33-30(20-27(21-31(33)36)24-13-6-3-7-14-24)35(29)22-26-16-9-8-15-25(26)19-23-11-4-2-5-12-23/h2-18,27H,19-22H2,1H3. The van der Waals surface area contributed by atoms with Crippen molar-refractivity contribution in [3.63, 3.8) is 0 Å². The first-order chi connectivity index (χ1) is 18.6. The molecule has 0 saturated heterocycles. The lowest BCUT2D eigenvalue weighted by Crippen LogP contribution is -2.21. The van der Waals surface area contributed by atoms with Crippen LogP contribution in [-0.4, -0.2) is 23.4 Å². The molecule has 1 aliphatic carbocycles. The van der Waals surface area contributed by atoms with E-state index >= 15 is 0 Å². The van der Waals surface area contributed by atoms with Crippen molar-refractivity contribution < 1.29 is 14.3 Å². The number of carbonyl (C=O) groups is 2. The summed E-state index contributed by atoms with van der Waals surface area (Å²) in [6.07, 6.45) is 1.99. The van der Waals surface area contributed by atoms with Crippen LogP contribution in [0.2, 0.25) is 0 Å². The molecule has 1 aliphatic rings. The van der Waals surface area contributed by atoms with E-state index in [0.29, 0.717) is 29.5 Å². The molecule has 0 amide bonds. The minimum atomic E-state index is -0.419. The number of hydrogen-bond donors (Lipinski definition) is 0. The number of rotatable bonds is 6. The highest BCUT2D eigenvalue weighted by atomic mass is 16.5. The highest BCUT2D eigenvalue weighted by molar-refractivity contribution is 6.16. The fourth-order valence-corrected chi connectivity index (χ4v) is 5.89. The molecule has 0 saturated carbocycles. The summed E-state index contributed by atoms with van der Waals surface area (Å²) in [5, 5.41) is 0.714. The Balaban J connectivity index is 1.51. The number of fused-ring (bicyclic) bond motifs is 3. The van der Waals surface area contributed by atoms with Crippen molar-refractivity contribution >= 4 is 22.7 Å². The van der Waals surface area contributed by atoms with Crippen molar-refractivity contribution in [1.29, 1.82) is 0 Å². The van der Waals surface area contributed by atoms with E-state index in [1.807, 2.05) is 36.4 Å². The van der Waals surface area contributed by atoms with Gasteiger partial charge in [-0.15, -0.1) is 0 Å². The first-order valence-electron chi connectivity index (χ1n) is 13.0. The Morgan fingerprint density at radius 3 is 2.24 bits per heavy atom. The molecule has 0 aliphatic heterocycles. The van der Waals surface area contributed by atoms with E-state index in [1.165, 1.54) is 29.4 Å². The number of carbonyl (C=O) groups excluding carboxylic acids is 2. The Labute approximate surface area is 222 Å². The summed E-state index contributed by atoms with van der Waals surface area (Å²) in [4.78, 5) is 26.5. The van der Waals surface area contributed by atoms with E-state index < -0.39 is 5.97 Å². The molecule has 1 unspecified atom stereocenters. The maximum absolute atomic E-state index is 13.8. The first kappa shape index (κ1) is 23.9. The molecule has 38 heavy (non-hydrogen) atoms. The average Bonchev–Trinajstić information content (AvgIpc) is 3.28. The summed E-state index contributed by atoms with van der Waals surface area (Å²) in [6, 6.07) is 34.9. The molecule has 6 rings (SSSR count). The van der Waals surface area contributed by atoms with Crippen LogP contribution in [0.5, 0.6) is 0 Å². The smallest absolute Gasteiger partial charge is 0.338 e. The molecule has 4 nitrogen and oxygen atoms in total. The molecule has 0 radical (unpaired) electrons. The van der Waals surface area contributed by atoms with Gasteiger partial charge in [0, 0.05) is 29.6 Å². The number of ketones is 1. The number of aromatic nitrogens is 1. The van der Waals surface area contributed by atoms with Gasteiger partial charge in [0.25, 0.3) is 0 Å². The third-order valence-electron chi connectivity index (χ3n) is 7.71. The van der Waals surface area contributed by atoms with E-state index in [2.05, 4.69) is 65.2 Å². The normalized spacial score (nSPS) is 14.9. The second-order valence-corrected chi connectivity index (χ2v) is 9.97. The van der Waals surface area contributed by atoms with Crippen molar-refractivity contribution in [2.75, 3.05) is 7.11 Å².